The van der Waals surface area contributed by atoms with Gasteiger partial charge in [0.25, 0.3) is 0 Å². The van der Waals surface area contributed by atoms with Crippen LogP contribution in [0.2, 0.25) is 5.15 Å². The van der Waals surface area contributed by atoms with Gasteiger partial charge in [-0.05, 0) is 6.92 Å². The molecule has 82 valence electrons. The molecular weight excluding hydrogens is 223 g/mol. The maximum Gasteiger partial charge on any atom is 0.341 e. The minimum atomic E-state index is -0.760. The number of carbonyl (C=O) groups excluding carboxylic acids is 1. The third kappa shape index (κ3) is 2.36. The Morgan fingerprint density at radius 3 is 2.93 bits per heavy atom. The highest BCUT2D eigenvalue weighted by atomic mass is 35.5. The van der Waals surface area contributed by atoms with Gasteiger partial charge in [0.2, 0.25) is 0 Å². The zero-order chi connectivity index (χ0) is 11.4. The van der Waals surface area contributed by atoms with Crippen LogP contribution in [0.5, 0.6) is 0 Å². The molecule has 0 aliphatic rings. The summed E-state index contributed by atoms with van der Waals surface area (Å²) in [4.78, 5) is 14.9. The van der Waals surface area contributed by atoms with Gasteiger partial charge in [0.1, 0.15) is 5.56 Å². The lowest BCUT2D eigenvalue weighted by atomic mass is 10.2. The third-order valence-electron chi connectivity index (χ3n) is 1.72. The highest BCUT2D eigenvalue weighted by Gasteiger charge is 2.18. The van der Waals surface area contributed by atoms with Crippen LogP contribution in [-0.2, 0) is 4.74 Å². The van der Waals surface area contributed by atoms with Crippen LogP contribution in [0.1, 0.15) is 17.3 Å². The van der Waals surface area contributed by atoms with Crippen molar-refractivity contribution in [3.63, 3.8) is 0 Å². The van der Waals surface area contributed by atoms with Crippen LogP contribution in [-0.4, -0.2) is 24.6 Å². The molecule has 0 bridgehead atoms. The molecule has 0 radical (unpaired) electrons. The number of esters is 1. The van der Waals surface area contributed by atoms with Gasteiger partial charge in [-0.15, -0.1) is 0 Å². The largest absolute Gasteiger partial charge is 0.462 e. The molecule has 0 fully saturated rings. The van der Waals surface area contributed by atoms with Crippen molar-refractivity contribution in [2.45, 2.75) is 6.92 Å². The van der Waals surface area contributed by atoms with Gasteiger partial charge in [0.15, 0.2) is 11.0 Å². The van der Waals surface area contributed by atoms with Crippen LogP contribution in [0.4, 0.5) is 10.1 Å². The van der Waals surface area contributed by atoms with Gasteiger partial charge < -0.3 is 10.1 Å². The van der Waals surface area contributed by atoms with Gasteiger partial charge >= 0.3 is 5.97 Å². The quantitative estimate of drug-likeness (QED) is 0.641. The van der Waals surface area contributed by atoms with Crippen molar-refractivity contribution in [3.05, 3.63) is 22.7 Å². The first-order valence-electron chi connectivity index (χ1n) is 4.30. The van der Waals surface area contributed by atoms with Crippen LogP contribution in [0, 0.1) is 5.82 Å². The first kappa shape index (κ1) is 11.7. The molecular formula is C9H10ClFN2O2. The van der Waals surface area contributed by atoms with Crippen LogP contribution in [0.15, 0.2) is 6.20 Å². The number of pyridine rings is 1. The smallest absolute Gasteiger partial charge is 0.341 e. The highest BCUT2D eigenvalue weighted by molar-refractivity contribution is 6.30. The second-order valence-electron chi connectivity index (χ2n) is 2.62. The van der Waals surface area contributed by atoms with Crippen molar-refractivity contribution in [2.75, 3.05) is 19.0 Å². The standard InChI is InChI=1S/C9H10ClFN2O2/c1-3-15-9(14)5-4-13-8(10)6(11)7(5)12-2/h4H,3H2,1-2H3,(H,12,13). The Labute approximate surface area is 91.4 Å². The molecule has 1 N–H and O–H groups in total. The Morgan fingerprint density at radius 1 is 1.73 bits per heavy atom. The molecule has 0 saturated heterocycles. The number of carbonyl (C=O) groups is 1. The number of halogens is 2. The van der Waals surface area contributed by atoms with Crippen LogP contribution < -0.4 is 5.32 Å². The summed E-state index contributed by atoms with van der Waals surface area (Å²) in [5.41, 5.74) is 0.0229. The summed E-state index contributed by atoms with van der Waals surface area (Å²) in [6.45, 7) is 1.88. The minimum Gasteiger partial charge on any atom is -0.462 e. The summed E-state index contributed by atoms with van der Waals surface area (Å²) in [7, 11) is 1.48. The molecule has 0 atom stereocenters. The van der Waals surface area contributed by atoms with E-state index in [4.69, 9.17) is 16.3 Å². The van der Waals surface area contributed by atoms with Crippen molar-refractivity contribution in [2.24, 2.45) is 0 Å². The van der Waals surface area contributed by atoms with E-state index in [0.717, 1.165) is 0 Å². The van der Waals surface area contributed by atoms with Crippen molar-refractivity contribution < 1.29 is 13.9 Å². The predicted molar refractivity (Wildman–Crippen MR) is 54.7 cm³/mol. The Hall–Kier alpha value is -1.36. The zero-order valence-electron chi connectivity index (χ0n) is 8.30. The van der Waals surface area contributed by atoms with E-state index in [9.17, 15) is 9.18 Å². The number of anilines is 1. The van der Waals surface area contributed by atoms with Gasteiger partial charge in [-0.25, -0.2) is 14.2 Å². The second kappa shape index (κ2) is 4.93. The summed E-state index contributed by atoms with van der Waals surface area (Å²) in [5, 5.41) is 2.26. The molecule has 0 amide bonds. The van der Waals surface area contributed by atoms with Crippen LogP contribution in [0.25, 0.3) is 0 Å². The number of aromatic nitrogens is 1. The first-order chi connectivity index (χ1) is 7.11. The Morgan fingerprint density at radius 2 is 2.40 bits per heavy atom. The SMILES string of the molecule is CCOC(=O)c1cnc(Cl)c(F)c1NC. The highest BCUT2D eigenvalue weighted by Crippen LogP contribution is 2.24. The molecule has 4 nitrogen and oxygen atoms in total. The van der Waals surface area contributed by atoms with E-state index >= 15 is 0 Å². The Balaban J connectivity index is 3.18. The zero-order valence-corrected chi connectivity index (χ0v) is 9.06. The molecule has 0 spiro atoms. The number of hydrogen-bond acceptors (Lipinski definition) is 4. The molecule has 1 rings (SSSR count). The van der Waals surface area contributed by atoms with Crippen LogP contribution in [0.3, 0.4) is 0 Å². The van der Waals surface area contributed by atoms with Gasteiger partial charge in [0, 0.05) is 13.2 Å². The monoisotopic (exact) mass is 232 g/mol. The average Bonchev–Trinajstić information content (AvgIpc) is 2.22. The summed E-state index contributed by atoms with van der Waals surface area (Å²) in [6.07, 6.45) is 1.18. The van der Waals surface area contributed by atoms with E-state index in [2.05, 4.69) is 10.3 Å². The molecule has 0 aromatic carbocycles. The van der Waals surface area contributed by atoms with Crippen molar-refractivity contribution in [1.82, 2.24) is 4.98 Å². The van der Waals surface area contributed by atoms with E-state index < -0.39 is 11.8 Å². The maximum absolute atomic E-state index is 13.4. The lowest BCUT2D eigenvalue weighted by Crippen LogP contribution is -2.10. The van der Waals surface area contributed by atoms with Gasteiger partial charge in [-0.1, -0.05) is 11.6 Å². The lowest BCUT2D eigenvalue weighted by molar-refractivity contribution is 0.0526. The molecule has 15 heavy (non-hydrogen) atoms. The average molecular weight is 233 g/mol. The van der Waals surface area contributed by atoms with Gasteiger partial charge in [-0.2, -0.15) is 0 Å². The van der Waals surface area contributed by atoms with Crippen molar-refractivity contribution in [3.8, 4) is 0 Å². The second-order valence-corrected chi connectivity index (χ2v) is 2.98. The van der Waals surface area contributed by atoms with Crippen molar-refractivity contribution >= 4 is 23.3 Å². The lowest BCUT2D eigenvalue weighted by Gasteiger charge is -2.09. The van der Waals surface area contributed by atoms with E-state index in [1.165, 1.54) is 13.2 Å². The molecule has 1 aromatic rings. The van der Waals surface area contributed by atoms with E-state index in [0.29, 0.717) is 0 Å². The Bertz CT molecular complexity index is 385. The number of ether oxygens (including phenoxy) is 1. The molecule has 6 heteroatoms. The van der Waals surface area contributed by atoms with Crippen LogP contribution >= 0.6 is 11.6 Å². The normalized spacial score (nSPS) is 9.87. The predicted octanol–water partition coefficient (Wildman–Crippen LogP) is 2.09. The molecule has 0 aliphatic heterocycles. The molecule has 1 heterocycles. The number of hydrogen-bond donors (Lipinski definition) is 1. The molecule has 0 saturated carbocycles. The Kier molecular flexibility index (Phi) is 3.85. The fraction of sp³-hybridized carbons (Fsp3) is 0.333. The van der Waals surface area contributed by atoms with E-state index in [1.807, 2.05) is 0 Å². The minimum absolute atomic E-state index is 0.00606. The summed E-state index contributed by atoms with van der Waals surface area (Å²) >= 11 is 5.47. The summed E-state index contributed by atoms with van der Waals surface area (Å²) < 4.78 is 18.1. The van der Waals surface area contributed by atoms with Gasteiger partial charge in [-0.3, -0.25) is 0 Å². The summed E-state index contributed by atoms with van der Waals surface area (Å²) in [6, 6.07) is 0. The van der Waals surface area contributed by atoms with E-state index in [-0.39, 0.29) is 23.0 Å². The van der Waals surface area contributed by atoms with Crippen molar-refractivity contribution in [1.29, 1.82) is 0 Å². The number of nitrogens with one attached hydrogen (secondary N) is 1. The fourth-order valence-electron chi connectivity index (χ4n) is 1.07. The van der Waals surface area contributed by atoms with E-state index in [1.54, 1.807) is 6.92 Å². The molecule has 0 unspecified atom stereocenters. The molecule has 0 aliphatic carbocycles. The number of rotatable bonds is 3. The third-order valence-corrected chi connectivity index (χ3v) is 1.99. The first-order valence-corrected chi connectivity index (χ1v) is 4.68. The van der Waals surface area contributed by atoms with Gasteiger partial charge in [0.05, 0.1) is 12.3 Å². The molecule has 1 aromatic heterocycles. The maximum atomic E-state index is 13.4. The fourth-order valence-corrected chi connectivity index (χ4v) is 1.22. The topological polar surface area (TPSA) is 51.2 Å². The number of nitrogens with zero attached hydrogens (tertiary/aromatic N) is 1. The summed E-state index contributed by atoms with van der Waals surface area (Å²) in [5.74, 6) is -1.39.